The van der Waals surface area contributed by atoms with Crippen molar-refractivity contribution in [3.63, 3.8) is 0 Å². The maximum Gasteiger partial charge on any atom is 0.416 e. The maximum absolute atomic E-state index is 13.1. The highest BCUT2D eigenvalue weighted by atomic mass is 19.4. The van der Waals surface area contributed by atoms with E-state index < -0.39 is 29.7 Å². The molecule has 216 valence electrons. The van der Waals surface area contributed by atoms with Gasteiger partial charge in [-0.1, -0.05) is 52.8 Å². The van der Waals surface area contributed by atoms with E-state index in [2.05, 4.69) is 20.1 Å². The summed E-state index contributed by atoms with van der Waals surface area (Å²) in [5.41, 5.74) is -0.126. The largest absolute Gasteiger partial charge is 0.476 e. The van der Waals surface area contributed by atoms with Crippen molar-refractivity contribution in [2.45, 2.75) is 12.5 Å². The lowest BCUT2D eigenvalue weighted by atomic mass is 9.98. The van der Waals surface area contributed by atoms with Crippen LogP contribution in [0, 0.1) is 0 Å². The number of oxime groups is 2. The first kappa shape index (κ1) is 30.6. The number of nitrogens with zero attached hydrogens (tertiary/aromatic N) is 3. The third-order valence-corrected chi connectivity index (χ3v) is 5.33. The van der Waals surface area contributed by atoms with Gasteiger partial charge in [-0.25, -0.2) is 4.79 Å². The number of ether oxygens (including phenoxy) is 3. The second kappa shape index (κ2) is 14.5. The fourth-order valence-corrected chi connectivity index (χ4v) is 3.59. The van der Waals surface area contributed by atoms with Gasteiger partial charge < -0.3 is 29.0 Å². The summed E-state index contributed by atoms with van der Waals surface area (Å²) in [6.07, 6.45) is -2.92. The zero-order valence-electron chi connectivity index (χ0n) is 22.2. The SMILES string of the molecule is CO/N=C/C(OC)Oc1ccccc1-c1cccc(/C(=N\OC)C(=O)O)c1OCN=Cc1cccc(C(F)(F)F)c1. The number of carbonyl (C=O) groups is 1. The zero-order chi connectivity index (χ0) is 29.8. The van der Waals surface area contributed by atoms with Crippen LogP contribution in [0.4, 0.5) is 13.2 Å². The predicted molar refractivity (Wildman–Crippen MR) is 145 cm³/mol. The van der Waals surface area contributed by atoms with Gasteiger partial charge in [-0.05, 0) is 29.8 Å². The van der Waals surface area contributed by atoms with E-state index >= 15 is 0 Å². The molecule has 0 aliphatic heterocycles. The Hall–Kier alpha value is -4.91. The second-order valence-electron chi connectivity index (χ2n) is 7.97. The van der Waals surface area contributed by atoms with E-state index in [4.69, 9.17) is 19.0 Å². The topological polar surface area (TPSA) is 121 Å². The van der Waals surface area contributed by atoms with Crippen molar-refractivity contribution in [2.24, 2.45) is 15.3 Å². The van der Waals surface area contributed by atoms with Gasteiger partial charge in [0.15, 0.2) is 12.4 Å². The molecule has 0 amide bonds. The average molecular weight is 574 g/mol. The highest BCUT2D eigenvalue weighted by molar-refractivity contribution is 6.43. The third kappa shape index (κ3) is 8.29. The number of hydrogen-bond donors (Lipinski definition) is 1. The Morgan fingerprint density at radius 3 is 2.39 bits per heavy atom. The van der Waals surface area contributed by atoms with Crippen LogP contribution < -0.4 is 9.47 Å². The molecule has 0 spiro atoms. The zero-order valence-corrected chi connectivity index (χ0v) is 22.2. The fraction of sp³-hybridized carbons (Fsp3) is 0.214. The first-order chi connectivity index (χ1) is 19.7. The van der Waals surface area contributed by atoms with Crippen LogP contribution in [0.1, 0.15) is 16.7 Å². The summed E-state index contributed by atoms with van der Waals surface area (Å²) in [5.74, 6) is -1.000. The molecule has 0 bridgehead atoms. The monoisotopic (exact) mass is 573 g/mol. The van der Waals surface area contributed by atoms with Crippen LogP contribution in [0.25, 0.3) is 11.1 Å². The van der Waals surface area contributed by atoms with Gasteiger partial charge in [-0.2, -0.15) is 13.2 Å². The molecule has 0 fully saturated rings. The van der Waals surface area contributed by atoms with Crippen LogP contribution >= 0.6 is 0 Å². The Morgan fingerprint density at radius 1 is 0.976 bits per heavy atom. The molecule has 0 aliphatic carbocycles. The van der Waals surface area contributed by atoms with Gasteiger partial charge in [0, 0.05) is 24.5 Å². The Kier molecular flexibility index (Phi) is 10.8. The molecule has 1 N–H and O–H groups in total. The quantitative estimate of drug-likeness (QED) is 0.169. The van der Waals surface area contributed by atoms with Crippen molar-refractivity contribution in [1.29, 1.82) is 0 Å². The van der Waals surface area contributed by atoms with Crippen LogP contribution in [0.5, 0.6) is 11.5 Å². The number of rotatable bonds is 13. The molecule has 3 rings (SSSR count). The number of aliphatic carboxylic acids is 1. The number of aliphatic imine (C=N–C) groups is 1. The van der Waals surface area contributed by atoms with Crippen molar-refractivity contribution in [1.82, 2.24) is 0 Å². The number of halogens is 3. The Morgan fingerprint density at radius 2 is 1.71 bits per heavy atom. The molecule has 10 nitrogen and oxygen atoms in total. The Bertz CT molecular complexity index is 1430. The van der Waals surface area contributed by atoms with E-state index in [1.165, 1.54) is 52.0 Å². The average Bonchev–Trinajstić information content (AvgIpc) is 2.96. The maximum atomic E-state index is 13.1. The minimum atomic E-state index is -4.51. The third-order valence-electron chi connectivity index (χ3n) is 5.33. The van der Waals surface area contributed by atoms with Gasteiger partial charge in [0.2, 0.25) is 6.29 Å². The van der Waals surface area contributed by atoms with Gasteiger partial charge in [0.05, 0.1) is 11.1 Å². The minimum absolute atomic E-state index is 0.0578. The standard InChI is InChI=1S/C28H26F3N3O7/c1-37-24(16-33-38-2)41-23-13-5-4-10-20(23)21-11-7-12-22(25(27(35)36)34-39-3)26(21)40-17-32-15-18-8-6-9-19(14-18)28(29,30)31/h4-16,24H,17H2,1-3H3,(H,35,36)/b32-15?,33-16+,34-25+. The van der Waals surface area contributed by atoms with Gasteiger partial charge in [-0.3, -0.25) is 4.99 Å². The van der Waals surface area contributed by atoms with Crippen molar-refractivity contribution in [2.75, 3.05) is 28.1 Å². The van der Waals surface area contributed by atoms with Crippen molar-refractivity contribution in [3.05, 3.63) is 83.4 Å². The summed E-state index contributed by atoms with van der Waals surface area (Å²) in [4.78, 5) is 25.5. The molecule has 41 heavy (non-hydrogen) atoms. The second-order valence-corrected chi connectivity index (χ2v) is 7.97. The number of para-hydroxylation sites is 2. The molecule has 1 atom stereocenters. The van der Waals surface area contributed by atoms with Crippen molar-refractivity contribution < 1.29 is 47.0 Å². The molecule has 0 saturated carbocycles. The van der Waals surface area contributed by atoms with Gasteiger partial charge in [0.1, 0.15) is 31.9 Å². The van der Waals surface area contributed by atoms with E-state index in [0.29, 0.717) is 16.9 Å². The molecule has 1 unspecified atom stereocenters. The number of alkyl halides is 3. The molecule has 13 heteroatoms. The number of methoxy groups -OCH3 is 1. The summed E-state index contributed by atoms with van der Waals surface area (Å²) in [6.45, 7) is -0.371. The molecule has 0 saturated heterocycles. The van der Waals surface area contributed by atoms with Crippen LogP contribution in [0.15, 0.2) is 82.0 Å². The van der Waals surface area contributed by atoms with Gasteiger partial charge in [0.25, 0.3) is 0 Å². The first-order valence-corrected chi connectivity index (χ1v) is 11.8. The molecule has 0 heterocycles. The predicted octanol–water partition coefficient (Wildman–Crippen LogP) is 5.25. The van der Waals surface area contributed by atoms with E-state index in [9.17, 15) is 23.1 Å². The van der Waals surface area contributed by atoms with E-state index in [1.807, 2.05) is 0 Å². The van der Waals surface area contributed by atoms with Gasteiger partial charge >= 0.3 is 12.1 Å². The van der Waals surface area contributed by atoms with Crippen LogP contribution in [0.2, 0.25) is 0 Å². The lowest BCUT2D eigenvalue weighted by Crippen LogP contribution is -2.21. The summed E-state index contributed by atoms with van der Waals surface area (Å²) >= 11 is 0. The Balaban J connectivity index is 2.04. The van der Waals surface area contributed by atoms with Crippen LogP contribution in [0.3, 0.4) is 0 Å². The molecular formula is C28H26F3N3O7. The van der Waals surface area contributed by atoms with Crippen molar-refractivity contribution >= 4 is 24.1 Å². The lowest BCUT2D eigenvalue weighted by Gasteiger charge is -2.19. The summed E-state index contributed by atoms with van der Waals surface area (Å²) in [5, 5.41) is 17.1. The highest BCUT2D eigenvalue weighted by Gasteiger charge is 2.30. The molecule has 0 aromatic heterocycles. The summed E-state index contributed by atoms with van der Waals surface area (Å²) < 4.78 is 56.3. The summed E-state index contributed by atoms with van der Waals surface area (Å²) in [6, 6.07) is 16.2. The van der Waals surface area contributed by atoms with Crippen LogP contribution in [-0.2, 0) is 25.4 Å². The smallest absolute Gasteiger partial charge is 0.416 e. The molecule has 3 aromatic carbocycles. The normalized spacial score (nSPS) is 12.9. The van der Waals surface area contributed by atoms with E-state index in [1.54, 1.807) is 36.4 Å². The molecule has 3 aromatic rings. The molecule has 0 radical (unpaired) electrons. The highest BCUT2D eigenvalue weighted by Crippen LogP contribution is 2.39. The number of carboxylic acid groups (broad SMARTS) is 1. The van der Waals surface area contributed by atoms with E-state index in [-0.39, 0.29) is 23.6 Å². The first-order valence-electron chi connectivity index (χ1n) is 11.8. The molecule has 0 aliphatic rings. The number of hydrogen-bond acceptors (Lipinski definition) is 9. The number of carboxylic acids is 1. The lowest BCUT2D eigenvalue weighted by molar-refractivity contribution is -0.137. The van der Waals surface area contributed by atoms with Gasteiger partial charge in [-0.15, -0.1) is 0 Å². The van der Waals surface area contributed by atoms with Crippen LogP contribution in [-0.4, -0.2) is 63.6 Å². The minimum Gasteiger partial charge on any atom is -0.476 e. The Labute approximate surface area is 233 Å². The van der Waals surface area contributed by atoms with E-state index in [0.717, 1.165) is 12.1 Å². The fourth-order valence-electron chi connectivity index (χ4n) is 3.59. The van der Waals surface area contributed by atoms with Crippen molar-refractivity contribution in [3.8, 4) is 22.6 Å². The number of benzene rings is 3. The molecular weight excluding hydrogens is 547 g/mol. The summed E-state index contributed by atoms with van der Waals surface area (Å²) in [7, 11) is 3.97.